The molecule has 2 aromatic rings. The molecule has 2 saturated heterocycles. The molecule has 28 heavy (non-hydrogen) atoms. The van der Waals surface area contributed by atoms with Crippen LogP contribution in [0.2, 0.25) is 10.0 Å². The SMILES string of the molecule is OC[C@@H]1OC(c2ccccc2Cl)OC[C@@H](O)[C@@H]2OC(c3ccccc3Cl)O[C@H]21. The quantitative estimate of drug-likeness (QED) is 0.784. The molecule has 2 fully saturated rings. The summed E-state index contributed by atoms with van der Waals surface area (Å²) in [5.74, 6) is 0. The van der Waals surface area contributed by atoms with Crippen molar-refractivity contribution in [1.29, 1.82) is 0 Å². The topological polar surface area (TPSA) is 77.4 Å². The van der Waals surface area contributed by atoms with Crippen LogP contribution >= 0.6 is 23.2 Å². The van der Waals surface area contributed by atoms with E-state index in [0.717, 1.165) is 0 Å². The van der Waals surface area contributed by atoms with Crippen LogP contribution in [0.25, 0.3) is 0 Å². The third-order valence-corrected chi connectivity index (χ3v) is 5.53. The van der Waals surface area contributed by atoms with Gasteiger partial charge in [0.05, 0.1) is 13.2 Å². The summed E-state index contributed by atoms with van der Waals surface area (Å²) in [4.78, 5) is 0. The van der Waals surface area contributed by atoms with Crippen molar-refractivity contribution in [1.82, 2.24) is 0 Å². The van der Waals surface area contributed by atoms with Crippen LogP contribution in [0.1, 0.15) is 23.7 Å². The van der Waals surface area contributed by atoms with Gasteiger partial charge in [0, 0.05) is 21.2 Å². The van der Waals surface area contributed by atoms with Crippen LogP contribution in [0.5, 0.6) is 0 Å². The average Bonchev–Trinajstić information content (AvgIpc) is 3.12. The molecule has 0 aliphatic carbocycles. The number of ether oxygens (including phenoxy) is 4. The lowest BCUT2D eigenvalue weighted by atomic mass is 10.0. The van der Waals surface area contributed by atoms with Crippen LogP contribution in [-0.2, 0) is 18.9 Å². The minimum absolute atomic E-state index is 0.0478. The molecule has 2 aliphatic heterocycles. The highest BCUT2D eigenvalue weighted by atomic mass is 35.5. The van der Waals surface area contributed by atoms with Gasteiger partial charge < -0.3 is 29.2 Å². The number of hydrogen-bond donors (Lipinski definition) is 2. The zero-order valence-corrected chi connectivity index (χ0v) is 16.3. The summed E-state index contributed by atoms with van der Waals surface area (Å²) in [6, 6.07) is 14.2. The van der Waals surface area contributed by atoms with Gasteiger partial charge in [-0.1, -0.05) is 59.6 Å². The van der Waals surface area contributed by atoms with Crippen molar-refractivity contribution in [3.63, 3.8) is 0 Å². The molecule has 0 aromatic heterocycles. The van der Waals surface area contributed by atoms with Crippen LogP contribution in [-0.4, -0.2) is 47.8 Å². The highest BCUT2D eigenvalue weighted by Crippen LogP contribution is 2.40. The van der Waals surface area contributed by atoms with Crippen molar-refractivity contribution in [2.24, 2.45) is 0 Å². The maximum Gasteiger partial charge on any atom is 0.186 e. The molecule has 0 radical (unpaired) electrons. The van der Waals surface area contributed by atoms with Gasteiger partial charge >= 0.3 is 0 Å². The van der Waals surface area contributed by atoms with Crippen LogP contribution in [0.15, 0.2) is 48.5 Å². The van der Waals surface area contributed by atoms with E-state index in [1.54, 1.807) is 36.4 Å². The Bertz CT molecular complexity index is 819. The van der Waals surface area contributed by atoms with Gasteiger partial charge in [0.2, 0.25) is 0 Å². The van der Waals surface area contributed by atoms with E-state index in [0.29, 0.717) is 21.2 Å². The molecule has 0 amide bonds. The summed E-state index contributed by atoms with van der Waals surface area (Å²) in [6.45, 7) is -0.398. The van der Waals surface area contributed by atoms with Gasteiger partial charge in [-0.05, 0) is 12.1 Å². The molecule has 4 rings (SSSR count). The van der Waals surface area contributed by atoms with Gasteiger partial charge in [-0.2, -0.15) is 0 Å². The number of halogens is 2. The molecule has 2 aromatic carbocycles. The Morgan fingerprint density at radius 3 is 2.00 bits per heavy atom. The number of hydrogen-bond acceptors (Lipinski definition) is 6. The zero-order chi connectivity index (χ0) is 19.7. The Balaban J connectivity index is 1.60. The molecule has 6 atom stereocenters. The van der Waals surface area contributed by atoms with Crippen molar-refractivity contribution in [3.8, 4) is 0 Å². The number of rotatable bonds is 3. The molecule has 0 saturated carbocycles. The number of aliphatic hydroxyl groups excluding tert-OH is 2. The third kappa shape index (κ3) is 3.92. The lowest BCUT2D eigenvalue weighted by molar-refractivity contribution is -0.239. The van der Waals surface area contributed by atoms with E-state index in [-0.39, 0.29) is 13.2 Å². The number of aliphatic hydroxyl groups is 2. The van der Waals surface area contributed by atoms with Gasteiger partial charge in [-0.15, -0.1) is 0 Å². The van der Waals surface area contributed by atoms with Gasteiger partial charge in [-0.3, -0.25) is 0 Å². The maximum absolute atomic E-state index is 10.6. The fourth-order valence-corrected chi connectivity index (χ4v) is 3.88. The fraction of sp³-hybridized carbons (Fsp3) is 0.400. The van der Waals surface area contributed by atoms with Gasteiger partial charge in [0.15, 0.2) is 12.6 Å². The summed E-state index contributed by atoms with van der Waals surface area (Å²) in [6.07, 6.45) is -4.88. The van der Waals surface area contributed by atoms with E-state index in [1.165, 1.54) is 0 Å². The van der Waals surface area contributed by atoms with Gasteiger partial charge in [0.1, 0.15) is 24.4 Å². The molecular formula is C20H20Cl2O6. The van der Waals surface area contributed by atoms with E-state index >= 15 is 0 Å². The molecule has 150 valence electrons. The zero-order valence-electron chi connectivity index (χ0n) is 14.8. The molecule has 8 heteroatoms. The summed E-state index contributed by atoms with van der Waals surface area (Å²) in [5, 5.41) is 21.5. The van der Waals surface area contributed by atoms with Crippen molar-refractivity contribution in [3.05, 3.63) is 69.7 Å². The van der Waals surface area contributed by atoms with Crippen LogP contribution < -0.4 is 0 Å². The monoisotopic (exact) mass is 426 g/mol. The molecule has 0 spiro atoms. The first-order valence-corrected chi connectivity index (χ1v) is 9.70. The molecule has 6 nitrogen and oxygen atoms in total. The lowest BCUT2D eigenvalue weighted by Gasteiger charge is -2.34. The second kappa shape index (κ2) is 8.65. The Hall–Kier alpha value is -1.22. The van der Waals surface area contributed by atoms with E-state index in [1.807, 2.05) is 12.1 Å². The third-order valence-electron chi connectivity index (χ3n) is 4.85. The summed E-state index contributed by atoms with van der Waals surface area (Å²) in [5.41, 5.74) is 1.25. The molecule has 2 N–H and O–H groups in total. The molecular weight excluding hydrogens is 407 g/mol. The van der Waals surface area contributed by atoms with Crippen LogP contribution in [0.4, 0.5) is 0 Å². The average molecular weight is 427 g/mol. The van der Waals surface area contributed by atoms with E-state index in [2.05, 4.69) is 0 Å². The van der Waals surface area contributed by atoms with Crippen molar-refractivity contribution < 1.29 is 29.2 Å². The fourth-order valence-electron chi connectivity index (χ4n) is 3.43. The Labute approximate surface area is 172 Å². The maximum atomic E-state index is 10.6. The predicted molar refractivity (Wildman–Crippen MR) is 102 cm³/mol. The standard InChI is InChI=1S/C20H20Cl2O6/c21-13-7-3-1-5-11(13)19-25-10-15(24)17-18(16(9-23)26-19)28-20(27-17)12-6-2-4-8-14(12)22/h1-8,15-20,23-24H,9-10H2/t15-,16+,17+,18+,19?,20?/m1/s1. The first kappa shape index (κ1) is 20.1. The van der Waals surface area contributed by atoms with E-state index in [9.17, 15) is 10.2 Å². The van der Waals surface area contributed by atoms with Crippen molar-refractivity contribution in [2.75, 3.05) is 13.2 Å². The van der Waals surface area contributed by atoms with Crippen molar-refractivity contribution >= 4 is 23.2 Å². The number of fused-ring (bicyclic) bond motifs is 1. The first-order chi connectivity index (χ1) is 13.6. The van der Waals surface area contributed by atoms with Crippen LogP contribution in [0.3, 0.4) is 0 Å². The van der Waals surface area contributed by atoms with Crippen LogP contribution in [0, 0.1) is 0 Å². The smallest absolute Gasteiger partial charge is 0.186 e. The molecule has 2 unspecified atom stereocenters. The Morgan fingerprint density at radius 2 is 1.39 bits per heavy atom. The number of benzene rings is 2. The predicted octanol–water partition coefficient (Wildman–Crippen LogP) is 3.24. The summed E-state index contributed by atoms with van der Waals surface area (Å²) >= 11 is 12.5. The highest BCUT2D eigenvalue weighted by Gasteiger charge is 2.48. The van der Waals surface area contributed by atoms with E-state index in [4.69, 9.17) is 42.1 Å². The molecule has 2 aliphatic rings. The molecule has 0 bridgehead atoms. The minimum Gasteiger partial charge on any atom is -0.394 e. The normalized spacial score (nSPS) is 33.1. The second-order valence-corrected chi connectivity index (χ2v) is 7.48. The minimum atomic E-state index is -0.986. The molecule has 2 heterocycles. The second-order valence-electron chi connectivity index (χ2n) is 6.67. The summed E-state index contributed by atoms with van der Waals surface area (Å²) in [7, 11) is 0. The van der Waals surface area contributed by atoms with Gasteiger partial charge in [0.25, 0.3) is 0 Å². The Morgan fingerprint density at radius 1 is 0.821 bits per heavy atom. The summed E-state index contributed by atoms with van der Waals surface area (Å²) < 4.78 is 23.7. The Kier molecular flexibility index (Phi) is 6.20. The first-order valence-electron chi connectivity index (χ1n) is 8.94. The van der Waals surface area contributed by atoms with E-state index < -0.39 is 37.0 Å². The highest BCUT2D eigenvalue weighted by molar-refractivity contribution is 6.31. The van der Waals surface area contributed by atoms with Crippen molar-refractivity contribution in [2.45, 2.75) is 37.0 Å². The lowest BCUT2D eigenvalue weighted by Crippen LogP contribution is -2.49. The van der Waals surface area contributed by atoms with Gasteiger partial charge in [-0.25, -0.2) is 0 Å². The largest absolute Gasteiger partial charge is 0.394 e.